The fraction of sp³-hybridized carbons (Fsp3) is 0.267. The Bertz CT molecular complexity index is 670. The van der Waals surface area contributed by atoms with E-state index in [0.29, 0.717) is 18.0 Å². The predicted octanol–water partition coefficient (Wildman–Crippen LogP) is 1.79. The molecule has 1 aromatic carbocycles. The predicted molar refractivity (Wildman–Crippen MR) is 75.1 cm³/mol. The van der Waals surface area contributed by atoms with Crippen LogP contribution in [0.25, 0.3) is 0 Å². The SMILES string of the molecule is Cc1cnc(C(=O)N(C)Cc2ccc3c(c2)OCO3)cn1. The number of amides is 1. The Morgan fingerprint density at radius 1 is 1.24 bits per heavy atom. The molecule has 0 aliphatic carbocycles. The first-order valence-electron chi connectivity index (χ1n) is 6.56. The number of nitrogens with zero attached hydrogens (tertiary/aromatic N) is 3. The van der Waals surface area contributed by atoms with Crippen molar-refractivity contribution in [2.45, 2.75) is 13.5 Å². The van der Waals surface area contributed by atoms with Gasteiger partial charge >= 0.3 is 0 Å². The highest BCUT2D eigenvalue weighted by Gasteiger charge is 2.17. The third-order valence-electron chi connectivity index (χ3n) is 3.20. The lowest BCUT2D eigenvalue weighted by Crippen LogP contribution is -2.27. The van der Waals surface area contributed by atoms with Crippen molar-refractivity contribution >= 4 is 5.91 Å². The Labute approximate surface area is 122 Å². The van der Waals surface area contributed by atoms with Crippen LogP contribution >= 0.6 is 0 Å². The first-order valence-corrected chi connectivity index (χ1v) is 6.56. The Hall–Kier alpha value is -2.63. The van der Waals surface area contributed by atoms with E-state index in [1.165, 1.54) is 6.20 Å². The molecule has 6 heteroatoms. The molecule has 6 nitrogen and oxygen atoms in total. The molecule has 2 aromatic rings. The molecule has 3 rings (SSSR count). The summed E-state index contributed by atoms with van der Waals surface area (Å²) in [6.07, 6.45) is 3.08. The molecule has 0 saturated heterocycles. The molecular weight excluding hydrogens is 270 g/mol. The van der Waals surface area contributed by atoms with Crippen molar-refractivity contribution in [3.8, 4) is 11.5 Å². The van der Waals surface area contributed by atoms with E-state index in [9.17, 15) is 4.79 Å². The molecule has 0 N–H and O–H groups in total. The zero-order valence-corrected chi connectivity index (χ0v) is 11.9. The van der Waals surface area contributed by atoms with Gasteiger partial charge < -0.3 is 14.4 Å². The van der Waals surface area contributed by atoms with E-state index in [1.54, 1.807) is 18.1 Å². The topological polar surface area (TPSA) is 64.6 Å². The Balaban J connectivity index is 1.72. The van der Waals surface area contributed by atoms with Crippen LogP contribution < -0.4 is 9.47 Å². The standard InChI is InChI=1S/C15H15N3O3/c1-10-6-17-12(7-16-10)15(19)18(2)8-11-3-4-13-14(5-11)21-9-20-13/h3-7H,8-9H2,1-2H3. The quantitative estimate of drug-likeness (QED) is 0.860. The van der Waals surface area contributed by atoms with Gasteiger partial charge in [-0.05, 0) is 24.6 Å². The molecule has 0 atom stereocenters. The number of ether oxygens (including phenoxy) is 2. The number of carbonyl (C=O) groups is 1. The highest BCUT2D eigenvalue weighted by molar-refractivity contribution is 5.91. The number of hydrogen-bond acceptors (Lipinski definition) is 5. The number of benzene rings is 1. The fourth-order valence-corrected chi connectivity index (χ4v) is 2.08. The molecule has 0 saturated carbocycles. The maximum Gasteiger partial charge on any atom is 0.274 e. The molecule has 108 valence electrons. The molecule has 21 heavy (non-hydrogen) atoms. The van der Waals surface area contributed by atoms with Crippen molar-refractivity contribution in [3.05, 3.63) is 47.5 Å². The molecule has 0 unspecified atom stereocenters. The van der Waals surface area contributed by atoms with E-state index < -0.39 is 0 Å². The van der Waals surface area contributed by atoms with Gasteiger partial charge in [-0.3, -0.25) is 9.78 Å². The Morgan fingerprint density at radius 3 is 2.81 bits per heavy atom. The van der Waals surface area contributed by atoms with Crippen LogP contribution in [-0.4, -0.2) is 34.6 Å². The summed E-state index contributed by atoms with van der Waals surface area (Å²) in [5.41, 5.74) is 2.09. The van der Waals surface area contributed by atoms with E-state index in [0.717, 1.165) is 17.0 Å². The van der Waals surface area contributed by atoms with Crippen LogP contribution in [0, 0.1) is 6.92 Å². The van der Waals surface area contributed by atoms with Crippen molar-refractivity contribution in [2.24, 2.45) is 0 Å². The second-order valence-electron chi connectivity index (χ2n) is 4.89. The van der Waals surface area contributed by atoms with Gasteiger partial charge in [-0.25, -0.2) is 4.98 Å². The number of hydrogen-bond donors (Lipinski definition) is 0. The number of carbonyl (C=O) groups excluding carboxylic acids is 1. The van der Waals surface area contributed by atoms with E-state index >= 15 is 0 Å². The van der Waals surface area contributed by atoms with Crippen molar-refractivity contribution in [3.63, 3.8) is 0 Å². The van der Waals surface area contributed by atoms with Crippen molar-refractivity contribution in [2.75, 3.05) is 13.8 Å². The minimum atomic E-state index is -0.167. The van der Waals surface area contributed by atoms with Gasteiger partial charge in [0, 0.05) is 19.8 Å². The van der Waals surface area contributed by atoms with Crippen LogP contribution in [0.15, 0.2) is 30.6 Å². The highest BCUT2D eigenvalue weighted by atomic mass is 16.7. The van der Waals surface area contributed by atoms with Gasteiger partial charge in [-0.1, -0.05) is 6.07 Å². The molecule has 0 fully saturated rings. The zero-order chi connectivity index (χ0) is 14.8. The first kappa shape index (κ1) is 13.4. The lowest BCUT2D eigenvalue weighted by atomic mass is 10.2. The van der Waals surface area contributed by atoms with E-state index in [2.05, 4.69) is 9.97 Å². The maximum atomic E-state index is 12.3. The third kappa shape index (κ3) is 2.79. The molecule has 1 aromatic heterocycles. The minimum Gasteiger partial charge on any atom is -0.454 e. The average molecular weight is 285 g/mol. The molecule has 2 heterocycles. The summed E-state index contributed by atoms with van der Waals surface area (Å²) >= 11 is 0. The van der Waals surface area contributed by atoms with Crippen LogP contribution in [0.5, 0.6) is 11.5 Å². The maximum absolute atomic E-state index is 12.3. The molecular formula is C15H15N3O3. The Morgan fingerprint density at radius 2 is 2.05 bits per heavy atom. The van der Waals surface area contributed by atoms with Gasteiger partial charge in [-0.15, -0.1) is 0 Å². The van der Waals surface area contributed by atoms with Crippen molar-refractivity contribution in [1.82, 2.24) is 14.9 Å². The Kier molecular flexibility index (Phi) is 3.43. The molecule has 0 bridgehead atoms. The summed E-state index contributed by atoms with van der Waals surface area (Å²) in [6.45, 7) is 2.54. The molecule has 0 spiro atoms. The highest BCUT2D eigenvalue weighted by Crippen LogP contribution is 2.32. The van der Waals surface area contributed by atoms with Gasteiger partial charge in [0.25, 0.3) is 5.91 Å². The summed E-state index contributed by atoms with van der Waals surface area (Å²) in [7, 11) is 1.73. The van der Waals surface area contributed by atoms with E-state index in [-0.39, 0.29) is 12.7 Å². The lowest BCUT2D eigenvalue weighted by Gasteiger charge is -2.16. The summed E-state index contributed by atoms with van der Waals surface area (Å²) in [5, 5.41) is 0. The number of fused-ring (bicyclic) bond motifs is 1. The lowest BCUT2D eigenvalue weighted by molar-refractivity contribution is 0.0778. The van der Waals surface area contributed by atoms with Crippen molar-refractivity contribution in [1.29, 1.82) is 0 Å². The molecule has 0 radical (unpaired) electrons. The monoisotopic (exact) mass is 285 g/mol. The van der Waals surface area contributed by atoms with Crippen LogP contribution in [0.1, 0.15) is 21.7 Å². The second kappa shape index (κ2) is 5.40. The van der Waals surface area contributed by atoms with Gasteiger partial charge in [0.2, 0.25) is 6.79 Å². The van der Waals surface area contributed by atoms with E-state index in [1.807, 2.05) is 25.1 Å². The minimum absolute atomic E-state index is 0.167. The van der Waals surface area contributed by atoms with Crippen molar-refractivity contribution < 1.29 is 14.3 Å². The second-order valence-corrected chi connectivity index (χ2v) is 4.89. The van der Waals surface area contributed by atoms with Crippen LogP contribution in [0.2, 0.25) is 0 Å². The zero-order valence-electron chi connectivity index (χ0n) is 11.9. The summed E-state index contributed by atoms with van der Waals surface area (Å²) in [5.74, 6) is 1.28. The third-order valence-corrected chi connectivity index (χ3v) is 3.20. The first-order chi connectivity index (χ1) is 10.1. The summed E-state index contributed by atoms with van der Waals surface area (Å²) in [6, 6.07) is 5.65. The molecule has 1 amide bonds. The van der Waals surface area contributed by atoms with Gasteiger partial charge in [0.05, 0.1) is 11.9 Å². The van der Waals surface area contributed by atoms with E-state index in [4.69, 9.17) is 9.47 Å². The van der Waals surface area contributed by atoms with Gasteiger partial charge in [-0.2, -0.15) is 0 Å². The fourth-order valence-electron chi connectivity index (χ4n) is 2.08. The average Bonchev–Trinajstić information content (AvgIpc) is 2.95. The molecule has 1 aliphatic heterocycles. The molecule has 1 aliphatic rings. The number of rotatable bonds is 3. The van der Waals surface area contributed by atoms with Crippen LogP contribution in [0.4, 0.5) is 0 Å². The van der Waals surface area contributed by atoms with Gasteiger partial charge in [0.15, 0.2) is 11.5 Å². The summed E-state index contributed by atoms with van der Waals surface area (Å²) < 4.78 is 10.6. The normalized spacial score (nSPS) is 12.3. The van der Waals surface area contributed by atoms with Crippen LogP contribution in [0.3, 0.4) is 0 Å². The summed E-state index contributed by atoms with van der Waals surface area (Å²) in [4.78, 5) is 22.0. The number of aryl methyl sites for hydroxylation is 1. The largest absolute Gasteiger partial charge is 0.454 e. The van der Waals surface area contributed by atoms with Crippen LogP contribution in [-0.2, 0) is 6.54 Å². The number of aromatic nitrogens is 2. The smallest absolute Gasteiger partial charge is 0.274 e. The van der Waals surface area contributed by atoms with Gasteiger partial charge in [0.1, 0.15) is 5.69 Å².